The molecule has 0 spiro atoms. The summed E-state index contributed by atoms with van der Waals surface area (Å²) in [5.74, 6) is -0.663. The summed E-state index contributed by atoms with van der Waals surface area (Å²) in [6.07, 6.45) is 0. The zero-order chi connectivity index (χ0) is 13.5. The van der Waals surface area contributed by atoms with Gasteiger partial charge in [-0.05, 0) is 18.2 Å². The van der Waals surface area contributed by atoms with E-state index in [1.54, 1.807) is 6.07 Å². The van der Waals surface area contributed by atoms with E-state index in [0.29, 0.717) is 17.6 Å². The minimum atomic E-state index is -2.98. The van der Waals surface area contributed by atoms with Gasteiger partial charge in [0.15, 0.2) is 0 Å². The molecule has 1 rings (SSSR count). The Morgan fingerprint density at radius 1 is 1.50 bits per heavy atom. The van der Waals surface area contributed by atoms with Crippen LogP contribution in [-0.2, 0) is 4.74 Å². The second-order valence-corrected chi connectivity index (χ2v) is 4.18. The van der Waals surface area contributed by atoms with Gasteiger partial charge in [0.25, 0.3) is 5.91 Å². The Kier molecular flexibility index (Phi) is 6.00. The number of nitrogens with one attached hydrogen (secondary N) is 1. The van der Waals surface area contributed by atoms with Crippen LogP contribution in [0.4, 0.5) is 8.78 Å². The van der Waals surface area contributed by atoms with Crippen molar-refractivity contribution in [2.45, 2.75) is 6.61 Å². The molecule has 100 valence electrons. The van der Waals surface area contributed by atoms with Gasteiger partial charge in [-0.1, -0.05) is 15.9 Å². The van der Waals surface area contributed by atoms with E-state index in [2.05, 4.69) is 26.0 Å². The van der Waals surface area contributed by atoms with Crippen molar-refractivity contribution in [1.82, 2.24) is 5.32 Å². The van der Waals surface area contributed by atoms with Gasteiger partial charge in [-0.25, -0.2) is 0 Å². The van der Waals surface area contributed by atoms with Gasteiger partial charge in [0.05, 0.1) is 12.2 Å². The molecular weight excluding hydrogens is 312 g/mol. The van der Waals surface area contributed by atoms with Crippen LogP contribution in [0.15, 0.2) is 22.7 Å². The third-order valence-corrected chi connectivity index (χ3v) is 2.49. The molecule has 18 heavy (non-hydrogen) atoms. The molecular formula is C11H12BrF2NO3. The van der Waals surface area contributed by atoms with Gasteiger partial charge >= 0.3 is 6.61 Å². The Bertz CT molecular complexity index is 415. The summed E-state index contributed by atoms with van der Waals surface area (Å²) >= 11 is 3.12. The molecule has 1 aromatic carbocycles. The van der Waals surface area contributed by atoms with E-state index in [9.17, 15) is 13.6 Å². The summed E-state index contributed by atoms with van der Waals surface area (Å²) < 4.78 is 34.0. The summed E-state index contributed by atoms with van der Waals surface area (Å²) in [5, 5.41) is 2.53. The van der Waals surface area contributed by atoms with Crippen molar-refractivity contribution >= 4 is 21.8 Å². The average Bonchev–Trinajstić information content (AvgIpc) is 2.28. The smallest absolute Gasteiger partial charge is 0.387 e. The van der Waals surface area contributed by atoms with E-state index in [1.807, 2.05) is 0 Å². The summed E-state index contributed by atoms with van der Waals surface area (Å²) in [6, 6.07) is 4.30. The second-order valence-electron chi connectivity index (χ2n) is 3.27. The van der Waals surface area contributed by atoms with E-state index >= 15 is 0 Å². The van der Waals surface area contributed by atoms with Crippen LogP contribution >= 0.6 is 15.9 Å². The fourth-order valence-corrected chi connectivity index (χ4v) is 1.58. The van der Waals surface area contributed by atoms with E-state index in [4.69, 9.17) is 4.74 Å². The van der Waals surface area contributed by atoms with Crippen molar-refractivity contribution in [3.63, 3.8) is 0 Å². The molecule has 0 fully saturated rings. The molecule has 0 atom stereocenters. The number of hydrogen-bond acceptors (Lipinski definition) is 3. The maximum Gasteiger partial charge on any atom is 0.387 e. The van der Waals surface area contributed by atoms with Crippen LogP contribution in [0.3, 0.4) is 0 Å². The van der Waals surface area contributed by atoms with Crippen molar-refractivity contribution < 1.29 is 23.0 Å². The van der Waals surface area contributed by atoms with Crippen molar-refractivity contribution in [1.29, 1.82) is 0 Å². The van der Waals surface area contributed by atoms with Gasteiger partial charge in [0, 0.05) is 18.1 Å². The third kappa shape index (κ3) is 4.58. The maximum absolute atomic E-state index is 12.2. The Labute approximate surface area is 111 Å². The van der Waals surface area contributed by atoms with Crippen molar-refractivity contribution in [2.75, 3.05) is 20.3 Å². The first kappa shape index (κ1) is 14.8. The number of ether oxygens (including phenoxy) is 2. The van der Waals surface area contributed by atoms with Crippen molar-refractivity contribution in [3.8, 4) is 5.75 Å². The van der Waals surface area contributed by atoms with Crippen LogP contribution in [0.25, 0.3) is 0 Å². The molecule has 0 radical (unpaired) electrons. The number of carbonyl (C=O) groups excluding carboxylic acids is 1. The summed E-state index contributed by atoms with van der Waals surface area (Å²) in [7, 11) is 1.50. The summed E-state index contributed by atoms with van der Waals surface area (Å²) in [6.45, 7) is -2.35. The number of amides is 1. The number of halogens is 3. The number of hydrogen-bond donors (Lipinski definition) is 1. The summed E-state index contributed by atoms with van der Waals surface area (Å²) in [4.78, 5) is 11.7. The average molecular weight is 324 g/mol. The Balaban J connectivity index is 2.82. The van der Waals surface area contributed by atoms with Crippen LogP contribution in [-0.4, -0.2) is 32.8 Å². The minimum Gasteiger partial charge on any atom is -0.434 e. The minimum absolute atomic E-state index is 0.0506. The Morgan fingerprint density at radius 3 is 2.83 bits per heavy atom. The standard InChI is InChI=1S/C11H12BrF2NO3/c1-17-5-4-15-10(16)8-3-2-7(12)6-9(8)18-11(13)14/h2-3,6,11H,4-5H2,1H3,(H,15,16). The predicted molar refractivity (Wildman–Crippen MR) is 65.0 cm³/mol. The van der Waals surface area contributed by atoms with E-state index in [-0.39, 0.29) is 11.3 Å². The fourth-order valence-electron chi connectivity index (χ4n) is 1.24. The molecule has 0 bridgehead atoms. The van der Waals surface area contributed by atoms with Crippen LogP contribution < -0.4 is 10.1 Å². The number of benzene rings is 1. The first-order chi connectivity index (χ1) is 8.54. The highest BCUT2D eigenvalue weighted by molar-refractivity contribution is 9.10. The van der Waals surface area contributed by atoms with E-state index in [1.165, 1.54) is 19.2 Å². The molecule has 0 unspecified atom stereocenters. The largest absolute Gasteiger partial charge is 0.434 e. The lowest BCUT2D eigenvalue weighted by Gasteiger charge is -2.11. The highest BCUT2D eigenvalue weighted by atomic mass is 79.9. The second kappa shape index (κ2) is 7.27. The third-order valence-electron chi connectivity index (χ3n) is 2.00. The van der Waals surface area contributed by atoms with E-state index < -0.39 is 12.5 Å². The van der Waals surface area contributed by atoms with Crippen LogP contribution in [0, 0.1) is 0 Å². The molecule has 1 amide bonds. The maximum atomic E-state index is 12.2. The number of alkyl halides is 2. The first-order valence-corrected chi connectivity index (χ1v) is 5.85. The SMILES string of the molecule is COCCNC(=O)c1ccc(Br)cc1OC(F)F. The fraction of sp³-hybridized carbons (Fsp3) is 0.364. The zero-order valence-electron chi connectivity index (χ0n) is 9.58. The highest BCUT2D eigenvalue weighted by Gasteiger charge is 2.15. The molecule has 0 aromatic heterocycles. The molecule has 0 heterocycles. The molecule has 0 aliphatic carbocycles. The Morgan fingerprint density at radius 2 is 2.22 bits per heavy atom. The topological polar surface area (TPSA) is 47.6 Å². The van der Waals surface area contributed by atoms with Gasteiger partial charge in [0.1, 0.15) is 5.75 Å². The molecule has 0 aliphatic heterocycles. The molecule has 0 saturated heterocycles. The molecule has 0 aliphatic rings. The lowest BCUT2D eigenvalue weighted by molar-refractivity contribution is -0.0502. The Hall–Kier alpha value is -1.21. The molecule has 7 heteroatoms. The number of carbonyl (C=O) groups is 1. The monoisotopic (exact) mass is 323 g/mol. The number of rotatable bonds is 6. The molecule has 1 N–H and O–H groups in total. The van der Waals surface area contributed by atoms with Crippen molar-refractivity contribution in [2.24, 2.45) is 0 Å². The normalized spacial score (nSPS) is 10.5. The molecule has 1 aromatic rings. The zero-order valence-corrected chi connectivity index (χ0v) is 11.2. The van der Waals surface area contributed by atoms with Gasteiger partial charge in [-0.3, -0.25) is 4.79 Å². The molecule has 0 saturated carbocycles. The van der Waals surface area contributed by atoms with Gasteiger partial charge < -0.3 is 14.8 Å². The lowest BCUT2D eigenvalue weighted by Crippen LogP contribution is -2.27. The van der Waals surface area contributed by atoms with Gasteiger partial charge in [-0.15, -0.1) is 0 Å². The van der Waals surface area contributed by atoms with Crippen LogP contribution in [0.1, 0.15) is 10.4 Å². The van der Waals surface area contributed by atoms with Crippen molar-refractivity contribution in [3.05, 3.63) is 28.2 Å². The first-order valence-electron chi connectivity index (χ1n) is 5.06. The van der Waals surface area contributed by atoms with Crippen LogP contribution in [0.5, 0.6) is 5.75 Å². The lowest BCUT2D eigenvalue weighted by atomic mass is 10.2. The molecule has 4 nitrogen and oxygen atoms in total. The van der Waals surface area contributed by atoms with E-state index in [0.717, 1.165) is 0 Å². The van der Waals surface area contributed by atoms with Gasteiger partial charge in [-0.2, -0.15) is 8.78 Å². The highest BCUT2D eigenvalue weighted by Crippen LogP contribution is 2.25. The number of methoxy groups -OCH3 is 1. The van der Waals surface area contributed by atoms with Gasteiger partial charge in [0.2, 0.25) is 0 Å². The predicted octanol–water partition coefficient (Wildman–Crippen LogP) is 2.43. The summed E-state index contributed by atoms with van der Waals surface area (Å²) in [5.41, 5.74) is 0.0506. The van der Waals surface area contributed by atoms with Crippen LogP contribution in [0.2, 0.25) is 0 Å². The quantitative estimate of drug-likeness (QED) is 0.818.